The second-order valence-electron chi connectivity index (χ2n) is 10.4. The molecular formula is C34H52N2O4S. The third-order valence-corrected chi connectivity index (χ3v) is 8.42. The van der Waals surface area contributed by atoms with Gasteiger partial charge in [0.2, 0.25) is 6.79 Å². The van der Waals surface area contributed by atoms with E-state index >= 15 is 0 Å². The first kappa shape index (κ1) is 34.5. The van der Waals surface area contributed by atoms with E-state index in [1.165, 1.54) is 65.1 Å². The van der Waals surface area contributed by atoms with E-state index in [-0.39, 0.29) is 12.8 Å². The second kappa shape index (κ2) is 20.2. The molecule has 1 aliphatic rings. The Morgan fingerprint density at radius 1 is 0.780 bits per heavy atom. The number of carbonyl (C=O) groups is 2. The molecule has 0 spiro atoms. The zero-order valence-corrected chi connectivity index (χ0v) is 26.9. The summed E-state index contributed by atoms with van der Waals surface area (Å²) >= 11 is 1.78. The number of unbranched alkanes of at least 4 members (excludes halogenated alkanes) is 8. The molecule has 1 fully saturated rings. The van der Waals surface area contributed by atoms with Crippen molar-refractivity contribution in [2.75, 3.05) is 37.9 Å². The molecule has 228 valence electrons. The normalized spacial score (nSPS) is 12.9. The van der Waals surface area contributed by atoms with Gasteiger partial charge < -0.3 is 19.3 Å². The van der Waals surface area contributed by atoms with Gasteiger partial charge in [-0.05, 0) is 44.0 Å². The fourth-order valence-electron chi connectivity index (χ4n) is 4.86. The SMILES string of the molecule is CC.CCCCCCCCCCCC(=O)OCOC(=O)N1CCN(c2ccccc2Sc2ccc(C)cc2C)CC1. The molecule has 0 N–H and O–H groups in total. The van der Waals surface area contributed by atoms with Crippen molar-refractivity contribution in [3.63, 3.8) is 0 Å². The van der Waals surface area contributed by atoms with Gasteiger partial charge in [0, 0.05) is 42.4 Å². The van der Waals surface area contributed by atoms with Crippen LogP contribution in [0, 0.1) is 13.8 Å². The molecule has 1 heterocycles. The van der Waals surface area contributed by atoms with Crippen LogP contribution in [0.5, 0.6) is 0 Å². The minimum atomic E-state index is -0.427. The molecule has 0 bridgehead atoms. The van der Waals surface area contributed by atoms with Gasteiger partial charge in [0.05, 0.1) is 5.69 Å². The number of aryl methyl sites for hydroxylation is 2. The largest absolute Gasteiger partial charge is 0.428 e. The summed E-state index contributed by atoms with van der Waals surface area (Å²) < 4.78 is 10.4. The van der Waals surface area contributed by atoms with Crippen LogP contribution in [0.25, 0.3) is 0 Å². The smallest absolute Gasteiger partial charge is 0.412 e. The maximum Gasteiger partial charge on any atom is 0.412 e. The van der Waals surface area contributed by atoms with Crippen LogP contribution in [0.15, 0.2) is 52.3 Å². The predicted octanol–water partition coefficient (Wildman–Crippen LogP) is 9.16. The summed E-state index contributed by atoms with van der Waals surface area (Å²) in [5.41, 5.74) is 3.72. The van der Waals surface area contributed by atoms with Crippen LogP contribution in [-0.2, 0) is 14.3 Å². The number of amides is 1. The summed E-state index contributed by atoms with van der Waals surface area (Å²) in [6.45, 7) is 12.7. The van der Waals surface area contributed by atoms with Crippen molar-refractivity contribution in [1.82, 2.24) is 4.90 Å². The van der Waals surface area contributed by atoms with Crippen LogP contribution in [0.1, 0.15) is 96.1 Å². The number of anilines is 1. The summed E-state index contributed by atoms with van der Waals surface area (Å²) in [4.78, 5) is 31.0. The lowest BCUT2D eigenvalue weighted by Gasteiger charge is -2.36. The van der Waals surface area contributed by atoms with Gasteiger partial charge in [-0.1, -0.05) is 114 Å². The molecule has 41 heavy (non-hydrogen) atoms. The number of hydrogen-bond donors (Lipinski definition) is 0. The lowest BCUT2D eigenvalue weighted by Crippen LogP contribution is -2.49. The third kappa shape index (κ3) is 12.8. The van der Waals surface area contributed by atoms with Crippen LogP contribution >= 0.6 is 11.8 Å². The Labute approximate surface area is 253 Å². The first-order chi connectivity index (χ1) is 20.0. The van der Waals surface area contributed by atoms with Crippen molar-refractivity contribution in [1.29, 1.82) is 0 Å². The molecule has 2 aromatic carbocycles. The summed E-state index contributed by atoms with van der Waals surface area (Å²) in [7, 11) is 0. The van der Waals surface area contributed by atoms with Crippen LogP contribution in [0.3, 0.4) is 0 Å². The van der Waals surface area contributed by atoms with E-state index in [1.54, 1.807) is 16.7 Å². The van der Waals surface area contributed by atoms with Crippen molar-refractivity contribution in [3.8, 4) is 0 Å². The molecular weight excluding hydrogens is 532 g/mol. The lowest BCUT2D eigenvalue weighted by atomic mass is 10.1. The van der Waals surface area contributed by atoms with Crippen molar-refractivity contribution in [2.45, 2.75) is 109 Å². The van der Waals surface area contributed by atoms with Gasteiger partial charge in [0.25, 0.3) is 0 Å². The molecule has 0 aliphatic carbocycles. The molecule has 0 aromatic heterocycles. The van der Waals surface area contributed by atoms with E-state index in [0.717, 1.165) is 32.4 Å². The number of nitrogens with zero attached hydrogens (tertiary/aromatic N) is 2. The average Bonchev–Trinajstić information content (AvgIpc) is 2.99. The number of ether oxygens (including phenoxy) is 2. The molecule has 0 radical (unpaired) electrons. The Kier molecular flexibility index (Phi) is 17.1. The Morgan fingerprint density at radius 3 is 2.07 bits per heavy atom. The van der Waals surface area contributed by atoms with E-state index < -0.39 is 6.09 Å². The van der Waals surface area contributed by atoms with Crippen molar-refractivity contribution >= 4 is 29.5 Å². The van der Waals surface area contributed by atoms with Crippen LogP contribution < -0.4 is 4.90 Å². The summed E-state index contributed by atoms with van der Waals surface area (Å²) in [5.74, 6) is -0.298. The fraction of sp³-hybridized carbons (Fsp3) is 0.588. The predicted molar refractivity (Wildman–Crippen MR) is 171 cm³/mol. The van der Waals surface area contributed by atoms with E-state index in [0.29, 0.717) is 19.5 Å². The third-order valence-electron chi connectivity index (χ3n) is 7.18. The highest BCUT2D eigenvalue weighted by Gasteiger charge is 2.24. The summed E-state index contributed by atoms with van der Waals surface area (Å²) in [5, 5.41) is 0. The molecule has 6 nitrogen and oxygen atoms in total. The van der Waals surface area contributed by atoms with E-state index in [1.807, 2.05) is 13.8 Å². The number of benzene rings is 2. The fourth-order valence-corrected chi connectivity index (χ4v) is 5.90. The average molecular weight is 585 g/mol. The Balaban J connectivity index is 0.00000287. The van der Waals surface area contributed by atoms with Gasteiger partial charge in [0.1, 0.15) is 0 Å². The molecule has 7 heteroatoms. The summed E-state index contributed by atoms with van der Waals surface area (Å²) in [6, 6.07) is 15.0. The minimum Gasteiger partial charge on any atom is -0.428 e. The van der Waals surface area contributed by atoms with Gasteiger partial charge in [-0.25, -0.2) is 4.79 Å². The van der Waals surface area contributed by atoms with Gasteiger partial charge >= 0.3 is 12.1 Å². The maximum absolute atomic E-state index is 12.5. The number of carbonyl (C=O) groups excluding carboxylic acids is 2. The highest BCUT2D eigenvalue weighted by atomic mass is 32.2. The number of esters is 1. The van der Waals surface area contributed by atoms with E-state index in [4.69, 9.17) is 9.47 Å². The number of piperazine rings is 1. The van der Waals surface area contributed by atoms with Crippen molar-refractivity contribution < 1.29 is 19.1 Å². The first-order valence-corrected chi connectivity index (χ1v) is 16.5. The molecule has 2 aromatic rings. The summed E-state index contributed by atoms with van der Waals surface area (Å²) in [6.07, 6.45) is 10.8. The molecule has 1 amide bonds. The minimum absolute atomic E-state index is 0.298. The monoisotopic (exact) mass is 584 g/mol. The molecule has 1 saturated heterocycles. The Hall–Kier alpha value is -2.67. The van der Waals surface area contributed by atoms with Gasteiger partial charge in [-0.15, -0.1) is 0 Å². The van der Waals surface area contributed by atoms with Crippen molar-refractivity contribution in [2.24, 2.45) is 0 Å². The number of para-hydroxylation sites is 1. The van der Waals surface area contributed by atoms with Gasteiger partial charge in [0.15, 0.2) is 0 Å². The zero-order valence-electron chi connectivity index (χ0n) is 26.1. The molecule has 1 aliphatic heterocycles. The molecule has 0 atom stereocenters. The molecule has 3 rings (SSSR count). The molecule has 0 saturated carbocycles. The molecule has 0 unspecified atom stereocenters. The van der Waals surface area contributed by atoms with Crippen LogP contribution in [0.2, 0.25) is 0 Å². The first-order valence-electron chi connectivity index (χ1n) is 15.6. The maximum atomic E-state index is 12.5. The zero-order chi connectivity index (χ0) is 29.9. The van der Waals surface area contributed by atoms with E-state index in [9.17, 15) is 9.59 Å². The van der Waals surface area contributed by atoms with Crippen molar-refractivity contribution in [3.05, 3.63) is 53.6 Å². The van der Waals surface area contributed by atoms with Crippen LogP contribution in [0.4, 0.5) is 10.5 Å². The number of hydrogen-bond acceptors (Lipinski definition) is 6. The Bertz CT molecular complexity index is 1040. The topological polar surface area (TPSA) is 59.1 Å². The highest BCUT2D eigenvalue weighted by Crippen LogP contribution is 2.37. The Morgan fingerprint density at radius 2 is 1.41 bits per heavy atom. The quantitative estimate of drug-likeness (QED) is 0.118. The van der Waals surface area contributed by atoms with Crippen LogP contribution in [-0.4, -0.2) is 49.9 Å². The second-order valence-corrected chi connectivity index (χ2v) is 11.5. The lowest BCUT2D eigenvalue weighted by molar-refractivity contribution is -0.152. The highest BCUT2D eigenvalue weighted by molar-refractivity contribution is 7.99. The van der Waals surface area contributed by atoms with E-state index in [2.05, 4.69) is 68.1 Å². The van der Waals surface area contributed by atoms with Gasteiger partial charge in [-0.2, -0.15) is 0 Å². The van der Waals surface area contributed by atoms with Gasteiger partial charge in [-0.3, -0.25) is 4.79 Å². The standard InChI is InChI=1S/C32H46N2O4S.C2H6/c1-4-5-6-7-8-9-10-11-12-17-31(35)37-25-38-32(36)34-22-20-33(21-23-34)28-15-13-14-16-30(28)39-29-19-18-26(2)24-27(29)3;1-2/h13-16,18-19,24H,4-12,17,20-23,25H2,1-3H3;1-2H3. The number of rotatable bonds is 15.